The first-order valence-electron chi connectivity index (χ1n) is 8.15. The molecule has 3 aromatic carbocycles. The fourth-order valence-corrected chi connectivity index (χ4v) is 3.67. The summed E-state index contributed by atoms with van der Waals surface area (Å²) >= 11 is 7.69. The molecule has 0 amide bonds. The third kappa shape index (κ3) is 3.82. The van der Waals surface area contributed by atoms with Gasteiger partial charge in [-0.2, -0.15) is 0 Å². The van der Waals surface area contributed by atoms with Crippen molar-refractivity contribution in [3.05, 3.63) is 89.4 Å². The molecule has 0 N–H and O–H groups in total. The van der Waals surface area contributed by atoms with Crippen molar-refractivity contribution in [2.75, 3.05) is 0 Å². The molecule has 1 aromatic heterocycles. The van der Waals surface area contributed by atoms with E-state index in [4.69, 9.17) is 16.0 Å². The molecule has 0 atom stereocenters. The van der Waals surface area contributed by atoms with Gasteiger partial charge in [0.1, 0.15) is 0 Å². The minimum Gasteiger partial charge on any atom is -0.416 e. The van der Waals surface area contributed by atoms with Crippen molar-refractivity contribution < 1.29 is 4.42 Å². The predicted octanol–water partition coefficient (Wildman–Crippen LogP) is 6.35. The largest absolute Gasteiger partial charge is 0.416 e. The van der Waals surface area contributed by atoms with E-state index in [1.54, 1.807) is 11.8 Å². The lowest BCUT2D eigenvalue weighted by Crippen LogP contribution is -1.85. The molecule has 4 aromatic rings. The van der Waals surface area contributed by atoms with Crippen LogP contribution in [0, 0.1) is 0 Å². The second kappa shape index (κ2) is 7.77. The number of thioether (sulfide) groups is 1. The van der Waals surface area contributed by atoms with Gasteiger partial charge in [-0.3, -0.25) is 0 Å². The highest BCUT2D eigenvalue weighted by atomic mass is 35.5. The molecule has 0 aliphatic heterocycles. The summed E-state index contributed by atoms with van der Waals surface area (Å²) in [5, 5.41) is 9.18. The molecule has 26 heavy (non-hydrogen) atoms. The second-order valence-corrected chi connectivity index (χ2v) is 7.14. The average Bonchev–Trinajstić information content (AvgIpc) is 3.19. The van der Waals surface area contributed by atoms with Crippen molar-refractivity contribution in [3.63, 3.8) is 0 Å². The summed E-state index contributed by atoms with van der Waals surface area (Å²) in [6, 6.07) is 25.8. The minimum atomic E-state index is 0.526. The maximum absolute atomic E-state index is 5.95. The highest BCUT2D eigenvalue weighted by Gasteiger charge is 2.14. The van der Waals surface area contributed by atoms with E-state index in [-0.39, 0.29) is 0 Å². The van der Waals surface area contributed by atoms with Gasteiger partial charge in [-0.15, -0.1) is 22.0 Å². The number of nitrogens with zero attached hydrogens (tertiary/aromatic N) is 2. The molecular weight excluding hydrogens is 364 g/mol. The van der Waals surface area contributed by atoms with Gasteiger partial charge in [0.2, 0.25) is 11.8 Å². The van der Waals surface area contributed by atoms with Crippen LogP contribution in [0.3, 0.4) is 0 Å². The Kier molecular flexibility index (Phi) is 5.04. The molecule has 0 saturated heterocycles. The number of aromatic nitrogens is 2. The van der Waals surface area contributed by atoms with Crippen LogP contribution >= 0.6 is 23.4 Å². The Labute approximate surface area is 161 Å². The normalized spacial score (nSPS) is 10.8. The van der Waals surface area contributed by atoms with Gasteiger partial charge in [0.25, 0.3) is 0 Å². The van der Waals surface area contributed by atoms with E-state index in [9.17, 15) is 0 Å². The van der Waals surface area contributed by atoms with Gasteiger partial charge in [0.05, 0.1) is 5.56 Å². The molecule has 0 unspecified atom stereocenters. The van der Waals surface area contributed by atoms with Crippen molar-refractivity contribution in [1.82, 2.24) is 10.2 Å². The molecule has 0 aliphatic carbocycles. The molecule has 0 saturated carbocycles. The number of hydrogen-bond donors (Lipinski definition) is 0. The zero-order valence-corrected chi connectivity index (χ0v) is 15.4. The Morgan fingerprint density at radius 1 is 0.769 bits per heavy atom. The number of benzene rings is 3. The van der Waals surface area contributed by atoms with Crippen LogP contribution in [-0.2, 0) is 5.75 Å². The van der Waals surface area contributed by atoms with Crippen LogP contribution in [0.4, 0.5) is 0 Å². The first-order chi connectivity index (χ1) is 12.8. The van der Waals surface area contributed by atoms with Gasteiger partial charge >= 0.3 is 0 Å². The predicted molar refractivity (Wildman–Crippen MR) is 106 cm³/mol. The van der Waals surface area contributed by atoms with Gasteiger partial charge in [-0.05, 0) is 42.0 Å². The lowest BCUT2D eigenvalue weighted by atomic mass is 10.2. The van der Waals surface area contributed by atoms with Crippen LogP contribution in [0.25, 0.3) is 22.9 Å². The molecule has 0 fully saturated rings. The molecule has 0 aliphatic rings. The van der Waals surface area contributed by atoms with E-state index < -0.39 is 0 Å². The van der Waals surface area contributed by atoms with Crippen molar-refractivity contribution >= 4 is 23.4 Å². The Bertz CT molecular complexity index is 1000. The zero-order valence-electron chi connectivity index (χ0n) is 13.8. The Morgan fingerprint density at radius 3 is 2.27 bits per heavy atom. The highest BCUT2D eigenvalue weighted by molar-refractivity contribution is 7.98. The van der Waals surface area contributed by atoms with Gasteiger partial charge in [0.15, 0.2) is 0 Å². The summed E-state index contributed by atoms with van der Waals surface area (Å²) in [6.07, 6.45) is 0. The number of rotatable bonds is 5. The lowest BCUT2D eigenvalue weighted by molar-refractivity contribution is 0.583. The smallest absolute Gasteiger partial charge is 0.249 e. The zero-order chi connectivity index (χ0) is 17.8. The van der Waals surface area contributed by atoms with Crippen LogP contribution < -0.4 is 0 Å². The molecule has 3 nitrogen and oxygen atoms in total. The van der Waals surface area contributed by atoms with Gasteiger partial charge in [-0.1, -0.05) is 54.1 Å². The summed E-state index contributed by atoms with van der Waals surface area (Å²) in [7, 11) is 0. The Hall–Kier alpha value is -2.56. The molecule has 4 rings (SSSR count). The first kappa shape index (κ1) is 16.9. The molecule has 5 heteroatoms. The number of hydrogen-bond acceptors (Lipinski definition) is 4. The SMILES string of the molecule is Clc1ccc(CSc2ccccc2-c2nnc(-c3ccccc3)o2)cc1. The summed E-state index contributed by atoms with van der Waals surface area (Å²) < 4.78 is 5.91. The fourth-order valence-electron chi connectivity index (χ4n) is 2.54. The van der Waals surface area contributed by atoms with Crippen molar-refractivity contribution in [3.8, 4) is 22.9 Å². The van der Waals surface area contributed by atoms with Gasteiger partial charge < -0.3 is 4.42 Å². The van der Waals surface area contributed by atoms with E-state index in [1.165, 1.54) is 5.56 Å². The quantitative estimate of drug-likeness (QED) is 0.379. The van der Waals surface area contributed by atoms with E-state index in [2.05, 4.69) is 16.3 Å². The molecule has 0 spiro atoms. The van der Waals surface area contributed by atoms with Crippen LogP contribution in [0.5, 0.6) is 0 Å². The summed E-state index contributed by atoms with van der Waals surface area (Å²) in [6.45, 7) is 0. The Morgan fingerprint density at radius 2 is 1.46 bits per heavy atom. The highest BCUT2D eigenvalue weighted by Crippen LogP contribution is 2.33. The third-order valence-corrected chi connectivity index (χ3v) is 5.27. The summed E-state index contributed by atoms with van der Waals surface area (Å²) in [5.74, 6) is 1.90. The second-order valence-electron chi connectivity index (χ2n) is 5.69. The van der Waals surface area contributed by atoms with Crippen molar-refractivity contribution in [1.29, 1.82) is 0 Å². The van der Waals surface area contributed by atoms with Crippen molar-refractivity contribution in [2.45, 2.75) is 10.6 Å². The maximum atomic E-state index is 5.95. The summed E-state index contributed by atoms with van der Waals surface area (Å²) in [5.41, 5.74) is 3.07. The lowest BCUT2D eigenvalue weighted by Gasteiger charge is -2.06. The van der Waals surface area contributed by atoms with E-state index in [0.29, 0.717) is 11.8 Å². The molecule has 0 radical (unpaired) electrons. The van der Waals surface area contributed by atoms with Crippen LogP contribution in [0.15, 0.2) is 88.2 Å². The van der Waals surface area contributed by atoms with Crippen LogP contribution in [0.2, 0.25) is 5.02 Å². The summed E-state index contributed by atoms with van der Waals surface area (Å²) in [4.78, 5) is 1.10. The van der Waals surface area contributed by atoms with Crippen LogP contribution in [-0.4, -0.2) is 10.2 Å². The van der Waals surface area contributed by atoms with Gasteiger partial charge in [0, 0.05) is 21.2 Å². The first-order valence-corrected chi connectivity index (χ1v) is 9.51. The monoisotopic (exact) mass is 378 g/mol. The van der Waals surface area contributed by atoms with E-state index >= 15 is 0 Å². The molecule has 0 bridgehead atoms. The fraction of sp³-hybridized carbons (Fsp3) is 0.0476. The Balaban J connectivity index is 1.58. The average molecular weight is 379 g/mol. The van der Waals surface area contributed by atoms with E-state index in [0.717, 1.165) is 26.8 Å². The maximum Gasteiger partial charge on any atom is 0.249 e. The molecule has 1 heterocycles. The van der Waals surface area contributed by atoms with Crippen LogP contribution in [0.1, 0.15) is 5.56 Å². The van der Waals surface area contributed by atoms with Gasteiger partial charge in [-0.25, -0.2) is 0 Å². The third-order valence-electron chi connectivity index (χ3n) is 3.87. The minimum absolute atomic E-state index is 0.526. The molecule has 128 valence electrons. The number of halogens is 1. The topological polar surface area (TPSA) is 38.9 Å². The van der Waals surface area contributed by atoms with E-state index in [1.807, 2.05) is 72.8 Å². The standard InChI is InChI=1S/C21H15ClN2OS/c22-17-12-10-15(11-13-17)14-26-19-9-5-4-8-18(19)21-24-23-20(25-21)16-6-2-1-3-7-16/h1-13H,14H2. The molecular formula is C21H15ClN2OS. The van der Waals surface area contributed by atoms with Crippen molar-refractivity contribution in [2.24, 2.45) is 0 Å².